The van der Waals surface area contributed by atoms with Crippen molar-refractivity contribution in [2.45, 2.75) is 58.5 Å². The number of allylic oxidation sites excluding steroid dienone is 5. The Hall–Kier alpha value is -2.01. The molecule has 5 nitrogen and oxygen atoms in total. The topological polar surface area (TPSA) is 91.7 Å². The van der Waals surface area contributed by atoms with E-state index in [0.29, 0.717) is 23.3 Å². The summed E-state index contributed by atoms with van der Waals surface area (Å²) in [7, 11) is 0. The van der Waals surface area contributed by atoms with Crippen LogP contribution in [0.2, 0.25) is 0 Å². The molecule has 28 heavy (non-hydrogen) atoms. The van der Waals surface area contributed by atoms with Crippen molar-refractivity contribution in [3.05, 3.63) is 35.5 Å². The average molecular weight is 384 g/mol. The highest BCUT2D eigenvalue weighted by Gasteiger charge is 2.57. The standard InChI is InChI=1S/C23H28O5/c1-22-9-7-14(24)11-13(22)3-4-15-16-5-6-18(21(28)19(25)12-20(26)27)23(16,2)10-8-17(15)22/h6-7,9,11,15-17,19,25H,3-5,8,10,12H2,1-2H3,(H,26,27)/t15-,16-,17-,19?,22-,23-/m0/s1. The summed E-state index contributed by atoms with van der Waals surface area (Å²) in [6.07, 6.45) is 10.1. The van der Waals surface area contributed by atoms with Gasteiger partial charge in [-0.3, -0.25) is 14.4 Å². The molecule has 4 rings (SSSR count). The molecular formula is C23H28O5. The lowest BCUT2D eigenvalue weighted by atomic mass is 9.47. The van der Waals surface area contributed by atoms with Gasteiger partial charge in [0.15, 0.2) is 11.6 Å². The summed E-state index contributed by atoms with van der Waals surface area (Å²) < 4.78 is 0. The minimum Gasteiger partial charge on any atom is -0.481 e. The summed E-state index contributed by atoms with van der Waals surface area (Å²) in [5, 5.41) is 19.0. The molecule has 0 bridgehead atoms. The normalized spacial score (nSPS) is 40.0. The number of aliphatic hydroxyl groups is 1. The van der Waals surface area contributed by atoms with Gasteiger partial charge in [0, 0.05) is 11.0 Å². The molecule has 0 aromatic rings. The van der Waals surface area contributed by atoms with E-state index in [4.69, 9.17) is 5.11 Å². The monoisotopic (exact) mass is 384 g/mol. The first-order valence-corrected chi connectivity index (χ1v) is 10.3. The molecule has 0 spiro atoms. The first-order chi connectivity index (χ1) is 13.2. The van der Waals surface area contributed by atoms with Gasteiger partial charge >= 0.3 is 5.97 Å². The number of hydrogen-bond acceptors (Lipinski definition) is 4. The number of carbonyl (C=O) groups excluding carboxylic acids is 2. The summed E-state index contributed by atoms with van der Waals surface area (Å²) in [5.74, 6) is -0.278. The maximum atomic E-state index is 12.8. The highest BCUT2D eigenvalue weighted by Crippen LogP contribution is 2.64. The van der Waals surface area contributed by atoms with E-state index in [1.165, 1.54) is 5.57 Å². The molecule has 5 heteroatoms. The van der Waals surface area contributed by atoms with Gasteiger partial charge in [-0.05, 0) is 67.4 Å². The van der Waals surface area contributed by atoms with Gasteiger partial charge < -0.3 is 10.2 Å². The Morgan fingerprint density at radius 3 is 2.71 bits per heavy atom. The van der Waals surface area contributed by atoms with Crippen molar-refractivity contribution in [2.75, 3.05) is 0 Å². The number of ketones is 2. The Kier molecular flexibility index (Phi) is 4.49. The predicted molar refractivity (Wildman–Crippen MR) is 103 cm³/mol. The molecule has 0 aromatic carbocycles. The van der Waals surface area contributed by atoms with Crippen LogP contribution >= 0.6 is 0 Å². The van der Waals surface area contributed by atoms with Gasteiger partial charge in [0.05, 0.1) is 6.42 Å². The van der Waals surface area contributed by atoms with E-state index in [-0.39, 0.29) is 16.6 Å². The Morgan fingerprint density at radius 1 is 1.25 bits per heavy atom. The number of fused-ring (bicyclic) bond motifs is 5. The van der Waals surface area contributed by atoms with E-state index in [1.807, 2.05) is 12.2 Å². The molecule has 150 valence electrons. The van der Waals surface area contributed by atoms with Crippen molar-refractivity contribution >= 4 is 17.5 Å². The lowest BCUT2D eigenvalue weighted by Crippen LogP contribution is -2.50. The van der Waals surface area contributed by atoms with Crippen LogP contribution in [0.25, 0.3) is 0 Å². The van der Waals surface area contributed by atoms with Crippen LogP contribution in [0.3, 0.4) is 0 Å². The Labute approximate surface area is 165 Å². The van der Waals surface area contributed by atoms with Crippen molar-refractivity contribution in [1.82, 2.24) is 0 Å². The van der Waals surface area contributed by atoms with Crippen molar-refractivity contribution in [1.29, 1.82) is 0 Å². The molecule has 0 saturated heterocycles. The number of carboxylic acid groups (broad SMARTS) is 1. The zero-order valence-electron chi connectivity index (χ0n) is 16.5. The quantitative estimate of drug-likeness (QED) is 0.776. The number of rotatable bonds is 4. The zero-order valence-corrected chi connectivity index (χ0v) is 16.5. The number of aliphatic carboxylic acids is 1. The molecular weight excluding hydrogens is 356 g/mol. The second-order valence-corrected chi connectivity index (χ2v) is 9.39. The van der Waals surface area contributed by atoms with Gasteiger partial charge in [-0.15, -0.1) is 0 Å². The van der Waals surface area contributed by atoms with Crippen LogP contribution in [-0.2, 0) is 14.4 Å². The maximum absolute atomic E-state index is 12.8. The zero-order chi connectivity index (χ0) is 20.3. The molecule has 1 unspecified atom stereocenters. The van der Waals surface area contributed by atoms with Crippen LogP contribution < -0.4 is 0 Å². The Bertz CT molecular complexity index is 834. The summed E-state index contributed by atoms with van der Waals surface area (Å²) in [4.78, 5) is 35.5. The highest BCUT2D eigenvalue weighted by molar-refractivity contribution is 6.02. The maximum Gasteiger partial charge on any atom is 0.306 e. The molecule has 4 aliphatic rings. The number of aliphatic hydroxyl groups excluding tert-OH is 1. The van der Waals surface area contributed by atoms with Crippen LogP contribution in [0.5, 0.6) is 0 Å². The van der Waals surface area contributed by atoms with Crippen molar-refractivity contribution < 1.29 is 24.6 Å². The minimum absolute atomic E-state index is 0.0782. The molecule has 0 aliphatic heterocycles. The fraction of sp³-hybridized carbons (Fsp3) is 0.609. The van der Waals surface area contributed by atoms with E-state index < -0.39 is 24.3 Å². The van der Waals surface area contributed by atoms with E-state index in [2.05, 4.69) is 19.9 Å². The molecule has 4 aliphatic carbocycles. The third kappa shape index (κ3) is 2.74. The molecule has 0 amide bonds. The smallest absolute Gasteiger partial charge is 0.306 e. The van der Waals surface area contributed by atoms with Crippen molar-refractivity contribution in [3.8, 4) is 0 Å². The van der Waals surface area contributed by atoms with E-state index in [1.54, 1.807) is 6.08 Å². The predicted octanol–water partition coefficient (Wildman–Crippen LogP) is 3.24. The van der Waals surface area contributed by atoms with E-state index in [0.717, 1.165) is 32.1 Å². The first-order valence-electron chi connectivity index (χ1n) is 10.3. The third-order valence-corrected chi connectivity index (χ3v) is 8.07. The molecule has 0 aromatic heterocycles. The second kappa shape index (κ2) is 6.51. The fourth-order valence-electron chi connectivity index (χ4n) is 6.58. The van der Waals surface area contributed by atoms with Crippen molar-refractivity contribution in [3.63, 3.8) is 0 Å². The summed E-state index contributed by atoms with van der Waals surface area (Å²) in [5.41, 5.74) is 1.48. The van der Waals surface area contributed by atoms with Crippen molar-refractivity contribution in [2.24, 2.45) is 28.6 Å². The minimum atomic E-state index is -1.47. The van der Waals surface area contributed by atoms with Crippen LogP contribution in [0.15, 0.2) is 35.5 Å². The number of hydrogen-bond donors (Lipinski definition) is 2. The van der Waals surface area contributed by atoms with Gasteiger partial charge in [0.25, 0.3) is 0 Å². The van der Waals surface area contributed by atoms with Gasteiger partial charge in [0.2, 0.25) is 0 Å². The molecule has 2 fully saturated rings. The SMILES string of the molecule is C[C@]12C=CC(=O)C=C1CC[C@@H]1[C@@H]2CC[C@]2(C)C(C(=O)C(O)CC(=O)O)=CC[C@@H]12. The summed E-state index contributed by atoms with van der Waals surface area (Å²) in [6.45, 7) is 4.36. The third-order valence-electron chi connectivity index (χ3n) is 8.07. The average Bonchev–Trinajstić information content (AvgIpc) is 2.98. The number of Topliss-reactive ketones (excluding diaryl/α,β-unsaturated/α-hetero) is 1. The second-order valence-electron chi connectivity index (χ2n) is 9.39. The van der Waals surface area contributed by atoms with Crippen LogP contribution in [0, 0.1) is 28.6 Å². The van der Waals surface area contributed by atoms with Gasteiger partial charge in [-0.1, -0.05) is 31.6 Å². The van der Waals surface area contributed by atoms with Gasteiger partial charge in [-0.2, -0.15) is 0 Å². The summed E-state index contributed by atoms with van der Waals surface area (Å²) >= 11 is 0. The molecule has 2 saturated carbocycles. The largest absolute Gasteiger partial charge is 0.481 e. The Morgan fingerprint density at radius 2 is 2.00 bits per heavy atom. The van der Waals surface area contributed by atoms with Crippen LogP contribution in [0.4, 0.5) is 0 Å². The summed E-state index contributed by atoms with van der Waals surface area (Å²) in [6, 6.07) is 0. The fourth-order valence-corrected chi connectivity index (χ4v) is 6.58. The lowest BCUT2D eigenvalue weighted by Gasteiger charge is -2.56. The van der Waals surface area contributed by atoms with Crippen LogP contribution in [-0.4, -0.2) is 33.9 Å². The van der Waals surface area contributed by atoms with Crippen LogP contribution in [0.1, 0.15) is 52.4 Å². The Balaban J connectivity index is 1.59. The van der Waals surface area contributed by atoms with E-state index in [9.17, 15) is 19.5 Å². The van der Waals surface area contributed by atoms with E-state index >= 15 is 0 Å². The molecule has 0 radical (unpaired) electrons. The lowest BCUT2D eigenvalue weighted by molar-refractivity contribution is -0.142. The first kappa shape index (κ1) is 19.3. The molecule has 2 N–H and O–H groups in total. The van der Waals surface area contributed by atoms with Gasteiger partial charge in [-0.25, -0.2) is 0 Å². The van der Waals surface area contributed by atoms with Gasteiger partial charge in [0.1, 0.15) is 6.10 Å². The molecule has 6 atom stereocenters. The number of carboxylic acids is 1. The highest BCUT2D eigenvalue weighted by atomic mass is 16.4. The number of carbonyl (C=O) groups is 3. The molecule has 0 heterocycles.